The lowest BCUT2D eigenvalue weighted by atomic mass is 9.92. The predicted octanol–water partition coefficient (Wildman–Crippen LogP) is 4.80. The average molecular weight is 217 g/mol. The van der Waals surface area contributed by atoms with Crippen LogP contribution in [0.1, 0.15) is 45.9 Å². The van der Waals surface area contributed by atoms with Gasteiger partial charge in [0.05, 0.1) is 0 Å². The number of hydrogen-bond acceptors (Lipinski definition) is 0. The highest BCUT2D eigenvalue weighted by atomic mass is 14.7. The number of aromatic nitrogens is 1. The summed E-state index contributed by atoms with van der Waals surface area (Å²) in [4.78, 5) is 3.48. The van der Waals surface area contributed by atoms with Gasteiger partial charge in [0.15, 0.2) is 0 Å². The van der Waals surface area contributed by atoms with Gasteiger partial charge in [0.1, 0.15) is 0 Å². The van der Waals surface area contributed by atoms with Gasteiger partial charge in [-0.05, 0) is 30.0 Å². The van der Waals surface area contributed by atoms with E-state index in [9.17, 15) is 0 Å². The number of benzene rings is 1. The fourth-order valence-electron chi connectivity index (χ4n) is 1.64. The van der Waals surface area contributed by atoms with Crippen LogP contribution in [0.15, 0.2) is 24.3 Å². The van der Waals surface area contributed by atoms with Crippen molar-refractivity contribution in [2.45, 2.75) is 47.0 Å². The van der Waals surface area contributed by atoms with Crippen LogP contribution in [0.25, 0.3) is 10.9 Å². The normalized spacial score (nSPS) is 11.1. The largest absolute Gasteiger partial charge is 0.358 e. The lowest BCUT2D eigenvalue weighted by Gasteiger charge is -2.15. The summed E-state index contributed by atoms with van der Waals surface area (Å²) in [5.41, 5.74) is 4.06. The van der Waals surface area contributed by atoms with Crippen molar-refractivity contribution in [2.75, 3.05) is 0 Å². The summed E-state index contributed by atoms with van der Waals surface area (Å²) in [7, 11) is 0. The summed E-state index contributed by atoms with van der Waals surface area (Å²) in [6.45, 7) is 12.8. The molecular formula is C15H23N. The molecule has 0 aliphatic rings. The molecule has 0 bridgehead atoms. The molecule has 16 heavy (non-hydrogen) atoms. The molecule has 0 aliphatic heterocycles. The van der Waals surface area contributed by atoms with Gasteiger partial charge in [-0.25, -0.2) is 0 Å². The minimum atomic E-state index is 0.201. The number of aryl methyl sites for hydroxylation is 1. The monoisotopic (exact) mass is 217 g/mol. The fraction of sp³-hybridized carbons (Fsp3) is 0.467. The van der Waals surface area contributed by atoms with Crippen molar-refractivity contribution in [3.63, 3.8) is 0 Å². The van der Waals surface area contributed by atoms with Gasteiger partial charge < -0.3 is 4.98 Å². The molecule has 2 aromatic rings. The van der Waals surface area contributed by atoms with Gasteiger partial charge in [0, 0.05) is 16.6 Å². The average Bonchev–Trinajstić information content (AvgIpc) is 2.63. The molecule has 1 nitrogen and oxygen atoms in total. The Bertz CT molecular complexity index is 458. The van der Waals surface area contributed by atoms with Crippen molar-refractivity contribution in [2.24, 2.45) is 0 Å². The molecule has 0 aliphatic carbocycles. The SMILES string of the molecule is CC.Cc1ccc2cc(C(C)(C)C)[nH]c2c1. The van der Waals surface area contributed by atoms with E-state index >= 15 is 0 Å². The Morgan fingerprint density at radius 2 is 1.62 bits per heavy atom. The highest BCUT2D eigenvalue weighted by molar-refractivity contribution is 5.81. The third-order valence-electron chi connectivity index (χ3n) is 2.59. The first-order chi connectivity index (χ1) is 7.47. The van der Waals surface area contributed by atoms with Crippen molar-refractivity contribution in [1.29, 1.82) is 0 Å². The van der Waals surface area contributed by atoms with Gasteiger partial charge in [-0.3, -0.25) is 0 Å². The third-order valence-corrected chi connectivity index (χ3v) is 2.59. The first kappa shape index (κ1) is 12.8. The van der Waals surface area contributed by atoms with Crippen LogP contribution in [0.4, 0.5) is 0 Å². The van der Waals surface area contributed by atoms with E-state index in [4.69, 9.17) is 0 Å². The third kappa shape index (κ3) is 2.66. The van der Waals surface area contributed by atoms with Crippen LogP contribution in [-0.4, -0.2) is 4.98 Å². The molecule has 0 spiro atoms. The second-order valence-electron chi connectivity index (χ2n) is 5.02. The minimum Gasteiger partial charge on any atom is -0.358 e. The Morgan fingerprint density at radius 3 is 2.19 bits per heavy atom. The first-order valence-corrected chi connectivity index (χ1v) is 6.07. The van der Waals surface area contributed by atoms with Gasteiger partial charge >= 0.3 is 0 Å². The van der Waals surface area contributed by atoms with Crippen LogP contribution in [-0.2, 0) is 5.41 Å². The molecule has 0 unspecified atom stereocenters. The van der Waals surface area contributed by atoms with Crippen molar-refractivity contribution >= 4 is 10.9 Å². The quantitative estimate of drug-likeness (QED) is 0.652. The molecule has 0 radical (unpaired) electrons. The van der Waals surface area contributed by atoms with Gasteiger partial charge in [-0.1, -0.05) is 46.8 Å². The van der Waals surface area contributed by atoms with Crippen LogP contribution in [0.3, 0.4) is 0 Å². The lowest BCUT2D eigenvalue weighted by Crippen LogP contribution is -2.10. The number of fused-ring (bicyclic) bond motifs is 1. The van der Waals surface area contributed by atoms with E-state index in [1.807, 2.05) is 13.8 Å². The maximum Gasteiger partial charge on any atom is 0.0458 e. The molecule has 0 amide bonds. The predicted molar refractivity (Wildman–Crippen MR) is 73.1 cm³/mol. The molecule has 1 heterocycles. The highest BCUT2D eigenvalue weighted by Gasteiger charge is 2.15. The van der Waals surface area contributed by atoms with Gasteiger partial charge in [0.25, 0.3) is 0 Å². The Labute approximate surface area is 98.9 Å². The standard InChI is InChI=1S/C13H17N.C2H6/c1-9-5-6-10-8-12(13(2,3)4)14-11(10)7-9;1-2/h5-8,14H,1-4H3;1-2H3. The molecule has 1 N–H and O–H groups in total. The van der Waals surface area contributed by atoms with Crippen LogP contribution in [0, 0.1) is 6.92 Å². The van der Waals surface area contributed by atoms with Gasteiger partial charge in [-0.2, -0.15) is 0 Å². The Kier molecular flexibility index (Phi) is 3.79. The van der Waals surface area contributed by atoms with Crippen LogP contribution >= 0.6 is 0 Å². The second-order valence-corrected chi connectivity index (χ2v) is 5.02. The van der Waals surface area contributed by atoms with E-state index in [1.165, 1.54) is 22.2 Å². The summed E-state index contributed by atoms with van der Waals surface area (Å²) in [6, 6.07) is 8.78. The summed E-state index contributed by atoms with van der Waals surface area (Å²) >= 11 is 0. The number of aromatic amines is 1. The molecule has 0 fully saturated rings. The molecule has 0 atom stereocenters. The second kappa shape index (κ2) is 4.73. The summed E-state index contributed by atoms with van der Waals surface area (Å²) < 4.78 is 0. The highest BCUT2D eigenvalue weighted by Crippen LogP contribution is 2.25. The summed E-state index contributed by atoms with van der Waals surface area (Å²) in [5.74, 6) is 0. The van der Waals surface area contributed by atoms with E-state index in [1.54, 1.807) is 0 Å². The molecule has 2 rings (SSSR count). The maximum absolute atomic E-state index is 3.48. The molecular weight excluding hydrogens is 194 g/mol. The molecule has 0 saturated carbocycles. The molecule has 1 aromatic carbocycles. The van der Waals surface area contributed by atoms with E-state index in [0.717, 1.165) is 0 Å². The first-order valence-electron chi connectivity index (χ1n) is 6.07. The molecule has 88 valence electrons. The van der Waals surface area contributed by atoms with Crippen LogP contribution in [0.5, 0.6) is 0 Å². The van der Waals surface area contributed by atoms with Crippen molar-refractivity contribution in [3.8, 4) is 0 Å². The van der Waals surface area contributed by atoms with E-state index in [0.29, 0.717) is 0 Å². The van der Waals surface area contributed by atoms with E-state index in [2.05, 4.69) is 56.9 Å². The number of hydrogen-bond donors (Lipinski definition) is 1. The number of rotatable bonds is 0. The van der Waals surface area contributed by atoms with Crippen molar-refractivity contribution in [1.82, 2.24) is 4.98 Å². The lowest BCUT2D eigenvalue weighted by molar-refractivity contribution is 0.574. The van der Waals surface area contributed by atoms with E-state index in [-0.39, 0.29) is 5.41 Å². The summed E-state index contributed by atoms with van der Waals surface area (Å²) in [5, 5.41) is 1.31. The zero-order valence-electron chi connectivity index (χ0n) is 11.3. The van der Waals surface area contributed by atoms with Crippen molar-refractivity contribution in [3.05, 3.63) is 35.5 Å². The van der Waals surface area contributed by atoms with Crippen molar-refractivity contribution < 1.29 is 0 Å². The maximum atomic E-state index is 3.48. The number of H-pyrrole nitrogens is 1. The Hall–Kier alpha value is -1.24. The smallest absolute Gasteiger partial charge is 0.0458 e. The molecule has 0 saturated heterocycles. The number of nitrogens with one attached hydrogen (secondary N) is 1. The Morgan fingerprint density at radius 1 is 1.00 bits per heavy atom. The zero-order chi connectivity index (χ0) is 12.3. The molecule has 1 aromatic heterocycles. The van der Waals surface area contributed by atoms with Gasteiger partial charge in [0.2, 0.25) is 0 Å². The fourth-order valence-corrected chi connectivity index (χ4v) is 1.64. The zero-order valence-corrected chi connectivity index (χ0v) is 11.3. The summed E-state index contributed by atoms with van der Waals surface area (Å²) in [6.07, 6.45) is 0. The minimum absolute atomic E-state index is 0.201. The molecule has 1 heteroatoms. The Balaban J connectivity index is 0.000000606. The van der Waals surface area contributed by atoms with Gasteiger partial charge in [-0.15, -0.1) is 0 Å². The topological polar surface area (TPSA) is 15.8 Å². The van der Waals surface area contributed by atoms with Crippen LogP contribution < -0.4 is 0 Å². The van der Waals surface area contributed by atoms with E-state index < -0.39 is 0 Å². The van der Waals surface area contributed by atoms with Crippen LogP contribution in [0.2, 0.25) is 0 Å².